The Morgan fingerprint density at radius 1 is 1.16 bits per heavy atom. The van der Waals surface area contributed by atoms with Crippen molar-refractivity contribution in [1.29, 1.82) is 0 Å². The zero-order chi connectivity index (χ0) is 23.0. The van der Waals surface area contributed by atoms with E-state index in [4.69, 9.17) is 4.74 Å². The minimum atomic E-state index is -4.74. The molecule has 1 aromatic carbocycles. The van der Waals surface area contributed by atoms with Gasteiger partial charge in [0.2, 0.25) is 0 Å². The van der Waals surface area contributed by atoms with E-state index in [2.05, 4.69) is 25.7 Å². The second-order valence-corrected chi connectivity index (χ2v) is 6.59. The van der Waals surface area contributed by atoms with Crippen LogP contribution in [0, 0.1) is 11.6 Å². The molecule has 32 heavy (non-hydrogen) atoms. The van der Waals surface area contributed by atoms with E-state index in [1.165, 1.54) is 17.1 Å². The molecule has 13 heteroatoms. The molecule has 0 saturated heterocycles. The smallest absolute Gasteiger partial charge is 0.418 e. The highest BCUT2D eigenvalue weighted by atomic mass is 19.4. The zero-order valence-corrected chi connectivity index (χ0v) is 16.1. The molecule has 8 nitrogen and oxygen atoms in total. The van der Waals surface area contributed by atoms with Gasteiger partial charge in [-0.2, -0.15) is 18.3 Å². The number of nitrogens with one attached hydrogen (secondary N) is 3. The van der Waals surface area contributed by atoms with Crippen LogP contribution < -0.4 is 15.4 Å². The Bertz CT molecular complexity index is 1290. The molecule has 0 aliphatic heterocycles. The summed E-state index contributed by atoms with van der Waals surface area (Å²) in [6.07, 6.45) is -0.0629. The van der Waals surface area contributed by atoms with Crippen LogP contribution in [0.25, 0.3) is 11.0 Å². The number of urea groups is 1. The van der Waals surface area contributed by atoms with E-state index in [0.717, 1.165) is 24.4 Å². The van der Waals surface area contributed by atoms with Crippen molar-refractivity contribution in [1.82, 2.24) is 19.7 Å². The normalized spacial score (nSPS) is 11.6. The average Bonchev–Trinajstić information content (AvgIpc) is 3.31. The zero-order valence-electron chi connectivity index (χ0n) is 16.1. The van der Waals surface area contributed by atoms with Crippen molar-refractivity contribution >= 4 is 28.4 Å². The van der Waals surface area contributed by atoms with Crippen molar-refractivity contribution in [3.63, 3.8) is 0 Å². The number of alkyl halides is 3. The van der Waals surface area contributed by atoms with Gasteiger partial charge in [-0.15, -0.1) is 0 Å². The van der Waals surface area contributed by atoms with E-state index in [1.807, 2.05) is 0 Å². The first-order chi connectivity index (χ1) is 15.1. The number of aromatic amines is 1. The van der Waals surface area contributed by atoms with Crippen molar-refractivity contribution in [2.75, 3.05) is 10.6 Å². The first-order valence-electron chi connectivity index (χ1n) is 8.88. The number of carbonyl (C=O) groups is 1. The lowest BCUT2D eigenvalue weighted by Crippen LogP contribution is -2.19. The summed E-state index contributed by atoms with van der Waals surface area (Å²) in [5.41, 5.74) is -1.16. The topological polar surface area (TPSA) is 96.9 Å². The lowest BCUT2D eigenvalue weighted by molar-refractivity contribution is -0.136. The molecule has 4 aromatic rings. The van der Waals surface area contributed by atoms with Crippen LogP contribution in [0.4, 0.5) is 38.1 Å². The molecule has 0 spiro atoms. The standard InChI is InChI=1S/C19H13F5N6O2/c1-30-8-10(6-27-30)29-18(31)28-9-4-12(20)16(13(21)5-9)32-14-2-3-25-17-15(14)11(7-26-17)19(22,23)24/h2-8H,1H3,(H,25,26)(H2,28,29,31). The predicted molar refractivity (Wildman–Crippen MR) is 103 cm³/mol. The van der Waals surface area contributed by atoms with Crippen LogP contribution in [0.5, 0.6) is 11.5 Å². The van der Waals surface area contributed by atoms with Crippen LogP contribution in [-0.4, -0.2) is 25.8 Å². The lowest BCUT2D eigenvalue weighted by atomic mass is 10.2. The van der Waals surface area contributed by atoms with E-state index < -0.39 is 46.3 Å². The second-order valence-electron chi connectivity index (χ2n) is 6.59. The molecule has 0 fully saturated rings. The summed E-state index contributed by atoms with van der Waals surface area (Å²) in [7, 11) is 1.63. The van der Waals surface area contributed by atoms with Crippen LogP contribution in [0.15, 0.2) is 43.0 Å². The number of hydrogen-bond acceptors (Lipinski definition) is 4. The summed E-state index contributed by atoms with van der Waals surface area (Å²) >= 11 is 0. The van der Waals surface area contributed by atoms with Gasteiger partial charge in [0, 0.05) is 43.5 Å². The summed E-state index contributed by atoms with van der Waals surface area (Å²) in [5.74, 6) is -3.87. The van der Waals surface area contributed by atoms with E-state index in [9.17, 15) is 26.7 Å². The summed E-state index contributed by atoms with van der Waals surface area (Å²) in [6.45, 7) is 0. The number of nitrogens with zero attached hydrogens (tertiary/aromatic N) is 3. The van der Waals surface area contributed by atoms with Crippen LogP contribution in [0.1, 0.15) is 5.56 Å². The third-order valence-corrected chi connectivity index (χ3v) is 4.27. The quantitative estimate of drug-likeness (QED) is 0.379. The number of ether oxygens (including phenoxy) is 1. The fourth-order valence-electron chi connectivity index (χ4n) is 2.95. The molecule has 2 amide bonds. The summed E-state index contributed by atoms with van der Waals surface area (Å²) < 4.78 is 75.4. The predicted octanol–water partition coefficient (Wildman–Crippen LogP) is 5.03. The fourth-order valence-corrected chi connectivity index (χ4v) is 2.95. The van der Waals surface area contributed by atoms with E-state index in [0.29, 0.717) is 11.9 Å². The molecule has 3 heterocycles. The maximum absolute atomic E-state index is 14.5. The number of H-pyrrole nitrogens is 1. The molecule has 166 valence electrons. The molecule has 0 radical (unpaired) electrons. The summed E-state index contributed by atoms with van der Waals surface area (Å²) in [6, 6.07) is 1.80. The molecular weight excluding hydrogens is 439 g/mol. The average molecular weight is 452 g/mol. The van der Waals surface area contributed by atoms with Crippen molar-refractivity contribution in [3.8, 4) is 11.5 Å². The minimum absolute atomic E-state index is 0.166. The first kappa shape index (κ1) is 21.1. The molecule has 0 bridgehead atoms. The van der Waals surface area contributed by atoms with Gasteiger partial charge in [0.05, 0.1) is 22.8 Å². The Kier molecular flexibility index (Phi) is 5.16. The van der Waals surface area contributed by atoms with Gasteiger partial charge >= 0.3 is 12.2 Å². The number of halogens is 5. The summed E-state index contributed by atoms with van der Waals surface area (Å²) in [4.78, 5) is 18.1. The van der Waals surface area contributed by atoms with E-state index in [1.54, 1.807) is 7.05 Å². The molecule has 0 unspecified atom stereocenters. The number of aromatic nitrogens is 4. The number of hydrogen-bond donors (Lipinski definition) is 3. The molecule has 0 aliphatic carbocycles. The number of anilines is 2. The summed E-state index contributed by atoms with van der Waals surface area (Å²) in [5, 5.41) is 8.04. The van der Waals surface area contributed by atoms with Crippen molar-refractivity contribution in [2.24, 2.45) is 7.05 Å². The molecule has 3 aromatic heterocycles. The number of carbonyl (C=O) groups excluding carboxylic acids is 1. The van der Waals surface area contributed by atoms with Gasteiger partial charge in [-0.1, -0.05) is 0 Å². The number of amides is 2. The van der Waals surface area contributed by atoms with E-state index in [-0.39, 0.29) is 11.3 Å². The second kappa shape index (κ2) is 7.83. The van der Waals surface area contributed by atoms with Gasteiger partial charge in [0.1, 0.15) is 11.4 Å². The fraction of sp³-hybridized carbons (Fsp3) is 0.105. The SMILES string of the molecule is Cn1cc(NC(=O)Nc2cc(F)c(Oc3ccnc4[nH]cc(C(F)(F)F)c34)c(F)c2)cn1. The van der Waals surface area contributed by atoms with Gasteiger partial charge in [0.15, 0.2) is 17.4 Å². The van der Waals surface area contributed by atoms with Gasteiger partial charge in [-0.25, -0.2) is 18.6 Å². The Labute approximate surface area is 176 Å². The van der Waals surface area contributed by atoms with Crippen molar-refractivity contribution in [3.05, 3.63) is 60.2 Å². The molecular formula is C19H13F5N6O2. The molecule has 0 atom stereocenters. The minimum Gasteiger partial charge on any atom is -0.450 e. The number of benzene rings is 1. The Balaban J connectivity index is 1.59. The lowest BCUT2D eigenvalue weighted by Gasteiger charge is -2.13. The van der Waals surface area contributed by atoms with Crippen molar-refractivity contribution < 1.29 is 31.5 Å². The van der Waals surface area contributed by atoms with Gasteiger partial charge in [-0.3, -0.25) is 4.68 Å². The number of fused-ring (bicyclic) bond motifs is 1. The van der Waals surface area contributed by atoms with Gasteiger partial charge in [0.25, 0.3) is 0 Å². The van der Waals surface area contributed by atoms with Gasteiger partial charge in [-0.05, 0) is 6.07 Å². The van der Waals surface area contributed by atoms with Crippen LogP contribution in [0.2, 0.25) is 0 Å². The third kappa shape index (κ3) is 4.17. The maximum atomic E-state index is 14.5. The Morgan fingerprint density at radius 2 is 1.84 bits per heavy atom. The van der Waals surface area contributed by atoms with Crippen LogP contribution in [-0.2, 0) is 13.2 Å². The molecule has 3 N–H and O–H groups in total. The Hall–Kier alpha value is -4.16. The highest BCUT2D eigenvalue weighted by Gasteiger charge is 2.35. The maximum Gasteiger partial charge on any atom is 0.418 e. The van der Waals surface area contributed by atoms with Crippen molar-refractivity contribution in [2.45, 2.75) is 6.18 Å². The number of pyridine rings is 1. The van der Waals surface area contributed by atoms with Gasteiger partial charge < -0.3 is 20.4 Å². The monoisotopic (exact) mass is 452 g/mol. The molecule has 0 saturated carbocycles. The van der Waals surface area contributed by atoms with Crippen LogP contribution >= 0.6 is 0 Å². The highest BCUT2D eigenvalue weighted by molar-refractivity contribution is 5.99. The largest absolute Gasteiger partial charge is 0.450 e. The highest BCUT2D eigenvalue weighted by Crippen LogP contribution is 2.40. The number of rotatable bonds is 4. The number of aryl methyl sites for hydroxylation is 1. The molecule has 4 rings (SSSR count). The van der Waals surface area contributed by atoms with E-state index >= 15 is 0 Å². The first-order valence-corrected chi connectivity index (χ1v) is 8.88. The molecule has 0 aliphatic rings. The Morgan fingerprint density at radius 3 is 2.47 bits per heavy atom. The van der Waals surface area contributed by atoms with Crippen LogP contribution in [0.3, 0.4) is 0 Å². The third-order valence-electron chi connectivity index (χ3n) is 4.27.